The van der Waals surface area contributed by atoms with Crippen molar-refractivity contribution in [3.05, 3.63) is 58.6 Å². The Labute approximate surface area is 217 Å². The third-order valence-corrected chi connectivity index (χ3v) is 6.93. The van der Waals surface area contributed by atoms with Gasteiger partial charge in [-0.25, -0.2) is 4.79 Å². The van der Waals surface area contributed by atoms with E-state index in [9.17, 15) is 9.59 Å². The van der Waals surface area contributed by atoms with Gasteiger partial charge >= 0.3 is 6.09 Å². The lowest BCUT2D eigenvalue weighted by atomic mass is 9.81. The SMILES string of the molecule is COc1ccc(N(CCc2ccccc2)C(=O)C2CCC(CNC(=O)OC(C)(C)C)CC2)cc1Br. The lowest BCUT2D eigenvalue weighted by molar-refractivity contribution is -0.123. The topological polar surface area (TPSA) is 67.9 Å². The Hall–Kier alpha value is -2.54. The van der Waals surface area contributed by atoms with Gasteiger partial charge in [0, 0.05) is 24.7 Å². The summed E-state index contributed by atoms with van der Waals surface area (Å²) in [5.74, 6) is 1.24. The molecule has 1 N–H and O–H groups in total. The molecule has 1 fully saturated rings. The minimum absolute atomic E-state index is 0.0237. The zero-order valence-corrected chi connectivity index (χ0v) is 22.8. The molecule has 2 aromatic rings. The van der Waals surface area contributed by atoms with Gasteiger partial charge < -0.3 is 19.7 Å². The number of carbonyl (C=O) groups is 2. The minimum atomic E-state index is -0.506. The second-order valence-corrected chi connectivity index (χ2v) is 11.0. The van der Waals surface area contributed by atoms with E-state index in [4.69, 9.17) is 9.47 Å². The van der Waals surface area contributed by atoms with Crippen LogP contribution in [0.1, 0.15) is 52.0 Å². The first-order valence-electron chi connectivity index (χ1n) is 12.3. The third kappa shape index (κ3) is 8.27. The van der Waals surface area contributed by atoms with Gasteiger partial charge in [-0.1, -0.05) is 30.3 Å². The zero-order valence-electron chi connectivity index (χ0n) is 21.2. The number of ether oxygens (including phenoxy) is 2. The van der Waals surface area contributed by atoms with Gasteiger partial charge in [0.25, 0.3) is 0 Å². The summed E-state index contributed by atoms with van der Waals surface area (Å²) >= 11 is 3.56. The molecule has 7 heteroatoms. The quantitative estimate of drug-likeness (QED) is 0.419. The van der Waals surface area contributed by atoms with Crippen LogP contribution in [0.25, 0.3) is 0 Å². The van der Waals surface area contributed by atoms with Gasteiger partial charge in [-0.2, -0.15) is 0 Å². The Kier molecular flexibility index (Phi) is 9.61. The van der Waals surface area contributed by atoms with Crippen molar-refractivity contribution >= 4 is 33.6 Å². The van der Waals surface area contributed by atoms with Crippen molar-refractivity contribution in [1.29, 1.82) is 0 Å². The Bertz CT molecular complexity index is 982. The first-order valence-corrected chi connectivity index (χ1v) is 13.1. The molecule has 0 spiro atoms. The Morgan fingerprint density at radius 1 is 1.06 bits per heavy atom. The van der Waals surface area contributed by atoms with Crippen LogP contribution in [0.15, 0.2) is 53.0 Å². The van der Waals surface area contributed by atoms with Crippen LogP contribution in [-0.4, -0.2) is 37.8 Å². The summed E-state index contributed by atoms with van der Waals surface area (Å²) in [6, 6.07) is 16.0. The molecule has 1 aliphatic carbocycles. The standard InChI is InChI=1S/C28H37BrN2O4/c1-28(2,3)35-27(33)30-19-21-10-12-22(13-11-21)26(32)31(17-16-20-8-6-5-7-9-20)23-14-15-25(34-4)24(29)18-23/h5-9,14-15,18,21-22H,10-13,16-17,19H2,1-4H3,(H,30,33). The summed E-state index contributed by atoms with van der Waals surface area (Å²) in [5, 5.41) is 2.88. The Morgan fingerprint density at radius 3 is 2.34 bits per heavy atom. The second kappa shape index (κ2) is 12.4. The molecular weight excluding hydrogens is 508 g/mol. The number of carbonyl (C=O) groups excluding carboxylic acids is 2. The molecule has 0 heterocycles. The number of nitrogens with one attached hydrogen (secondary N) is 1. The molecule has 1 saturated carbocycles. The number of anilines is 1. The molecule has 0 bridgehead atoms. The molecule has 0 aromatic heterocycles. The van der Waals surface area contributed by atoms with E-state index in [2.05, 4.69) is 33.4 Å². The molecule has 0 aliphatic heterocycles. The summed E-state index contributed by atoms with van der Waals surface area (Å²) in [5.41, 5.74) is 1.57. The molecule has 0 radical (unpaired) electrons. The Balaban J connectivity index is 1.63. The molecule has 2 aromatic carbocycles. The number of halogens is 1. The largest absolute Gasteiger partial charge is 0.496 e. The van der Waals surface area contributed by atoms with E-state index in [0.717, 1.165) is 48.0 Å². The summed E-state index contributed by atoms with van der Waals surface area (Å²) in [6.45, 7) is 6.76. The van der Waals surface area contributed by atoms with Crippen molar-refractivity contribution in [2.75, 3.05) is 25.1 Å². The van der Waals surface area contributed by atoms with Crippen molar-refractivity contribution in [1.82, 2.24) is 5.32 Å². The predicted octanol–water partition coefficient (Wildman–Crippen LogP) is 6.36. The number of rotatable bonds is 8. The van der Waals surface area contributed by atoms with Gasteiger partial charge in [-0.05, 0) is 98.5 Å². The lowest BCUT2D eigenvalue weighted by Crippen LogP contribution is -2.40. The van der Waals surface area contributed by atoms with E-state index in [0.29, 0.717) is 19.0 Å². The molecule has 3 rings (SSSR count). The van der Waals surface area contributed by atoms with Gasteiger partial charge in [-0.3, -0.25) is 4.79 Å². The highest BCUT2D eigenvalue weighted by Crippen LogP contribution is 2.34. The van der Waals surface area contributed by atoms with Crippen molar-refractivity contribution < 1.29 is 19.1 Å². The molecule has 6 nitrogen and oxygen atoms in total. The van der Waals surface area contributed by atoms with Gasteiger partial charge in [0.15, 0.2) is 0 Å². The monoisotopic (exact) mass is 544 g/mol. The van der Waals surface area contributed by atoms with Gasteiger partial charge in [0.2, 0.25) is 5.91 Å². The zero-order chi connectivity index (χ0) is 25.4. The Morgan fingerprint density at radius 2 is 1.74 bits per heavy atom. The lowest BCUT2D eigenvalue weighted by Gasteiger charge is -2.32. The fraction of sp³-hybridized carbons (Fsp3) is 0.500. The van der Waals surface area contributed by atoms with Gasteiger partial charge in [0.05, 0.1) is 11.6 Å². The van der Waals surface area contributed by atoms with Crippen LogP contribution in [-0.2, 0) is 16.0 Å². The number of amides is 2. The predicted molar refractivity (Wildman–Crippen MR) is 143 cm³/mol. The van der Waals surface area contributed by atoms with Crippen LogP contribution in [0.5, 0.6) is 5.75 Å². The van der Waals surface area contributed by atoms with E-state index in [1.165, 1.54) is 5.56 Å². The maximum atomic E-state index is 13.7. The van der Waals surface area contributed by atoms with Crippen LogP contribution < -0.4 is 15.0 Å². The van der Waals surface area contributed by atoms with E-state index in [-0.39, 0.29) is 17.9 Å². The number of hydrogen-bond acceptors (Lipinski definition) is 4. The number of hydrogen-bond donors (Lipinski definition) is 1. The first kappa shape index (κ1) is 27.1. The van der Waals surface area contributed by atoms with Crippen molar-refractivity contribution in [2.45, 2.75) is 58.5 Å². The van der Waals surface area contributed by atoms with E-state index in [1.807, 2.05) is 62.1 Å². The highest BCUT2D eigenvalue weighted by atomic mass is 79.9. The second-order valence-electron chi connectivity index (χ2n) is 10.1. The van der Waals surface area contributed by atoms with Crippen LogP contribution >= 0.6 is 15.9 Å². The molecule has 0 saturated heterocycles. The summed E-state index contributed by atoms with van der Waals surface area (Å²) < 4.78 is 11.5. The maximum absolute atomic E-state index is 13.7. The number of methoxy groups -OCH3 is 1. The highest BCUT2D eigenvalue weighted by molar-refractivity contribution is 9.10. The van der Waals surface area contributed by atoms with Gasteiger partial charge in [-0.15, -0.1) is 0 Å². The smallest absolute Gasteiger partial charge is 0.407 e. The minimum Gasteiger partial charge on any atom is -0.496 e. The van der Waals surface area contributed by atoms with Gasteiger partial charge in [0.1, 0.15) is 11.4 Å². The fourth-order valence-electron chi connectivity index (χ4n) is 4.45. The average Bonchev–Trinajstić information content (AvgIpc) is 2.83. The summed E-state index contributed by atoms with van der Waals surface area (Å²) in [6.07, 6.45) is 3.85. The number of alkyl carbamates (subject to hydrolysis) is 1. The first-order chi connectivity index (χ1) is 16.7. The molecule has 35 heavy (non-hydrogen) atoms. The third-order valence-electron chi connectivity index (χ3n) is 6.31. The number of nitrogens with zero attached hydrogens (tertiary/aromatic N) is 1. The number of benzene rings is 2. The van der Waals surface area contributed by atoms with E-state index in [1.54, 1.807) is 7.11 Å². The van der Waals surface area contributed by atoms with Crippen LogP contribution in [0.4, 0.5) is 10.5 Å². The molecule has 0 atom stereocenters. The van der Waals surface area contributed by atoms with E-state index >= 15 is 0 Å². The van der Waals surface area contributed by atoms with Crippen molar-refractivity contribution in [3.63, 3.8) is 0 Å². The maximum Gasteiger partial charge on any atom is 0.407 e. The molecule has 1 aliphatic rings. The van der Waals surface area contributed by atoms with Crippen LogP contribution in [0, 0.1) is 11.8 Å². The van der Waals surface area contributed by atoms with E-state index < -0.39 is 5.60 Å². The molecular formula is C28H37BrN2O4. The summed E-state index contributed by atoms with van der Waals surface area (Å²) in [7, 11) is 1.63. The average molecular weight is 546 g/mol. The normalized spacial score (nSPS) is 18.0. The van der Waals surface area contributed by atoms with Crippen LogP contribution in [0.2, 0.25) is 0 Å². The molecule has 2 amide bonds. The molecule has 190 valence electrons. The molecule has 0 unspecified atom stereocenters. The van der Waals surface area contributed by atoms with Crippen LogP contribution in [0.3, 0.4) is 0 Å². The van der Waals surface area contributed by atoms with Crippen molar-refractivity contribution in [2.24, 2.45) is 11.8 Å². The highest BCUT2D eigenvalue weighted by Gasteiger charge is 2.31. The summed E-state index contributed by atoms with van der Waals surface area (Å²) in [4.78, 5) is 27.6. The van der Waals surface area contributed by atoms with Crippen molar-refractivity contribution in [3.8, 4) is 5.75 Å². The fourth-order valence-corrected chi connectivity index (χ4v) is 4.98.